The van der Waals surface area contributed by atoms with Crippen LogP contribution in [0.15, 0.2) is 18.2 Å². The Hall–Kier alpha value is -2.37. The fourth-order valence-corrected chi connectivity index (χ4v) is 4.95. The van der Waals surface area contributed by atoms with Crippen molar-refractivity contribution in [3.63, 3.8) is 0 Å². The SMILES string of the molecule is CC1CCC2(CC1)NC(=O)N(CC(=O)NC(C)c1ccc3c(c1)CCCC3)C2=O. The standard InChI is InChI=1S/C23H31N3O3/c1-15-9-11-23(12-10-15)21(28)26(22(29)25-23)14-20(27)24-16(2)18-8-7-17-5-3-4-6-19(17)13-18/h7-8,13,15-16H,3-6,9-12,14H2,1-2H3,(H,24,27)(H,25,29). The zero-order valence-electron chi connectivity index (χ0n) is 17.4. The molecule has 1 aromatic carbocycles. The van der Waals surface area contributed by atoms with Crippen molar-refractivity contribution in [3.8, 4) is 0 Å². The minimum absolute atomic E-state index is 0.167. The number of aryl methyl sites for hydroxylation is 2. The molecule has 6 heteroatoms. The molecule has 1 spiro atoms. The van der Waals surface area contributed by atoms with Crippen LogP contribution in [0.25, 0.3) is 0 Å². The van der Waals surface area contributed by atoms with Gasteiger partial charge in [0.15, 0.2) is 0 Å². The van der Waals surface area contributed by atoms with Crippen molar-refractivity contribution < 1.29 is 14.4 Å². The van der Waals surface area contributed by atoms with Gasteiger partial charge in [-0.2, -0.15) is 0 Å². The highest BCUT2D eigenvalue weighted by atomic mass is 16.2. The van der Waals surface area contributed by atoms with E-state index in [9.17, 15) is 14.4 Å². The van der Waals surface area contributed by atoms with Crippen molar-refractivity contribution in [1.29, 1.82) is 0 Å². The maximum atomic E-state index is 12.9. The zero-order chi connectivity index (χ0) is 20.6. The average molecular weight is 398 g/mol. The molecule has 1 atom stereocenters. The van der Waals surface area contributed by atoms with Gasteiger partial charge in [0.1, 0.15) is 12.1 Å². The number of rotatable bonds is 4. The maximum Gasteiger partial charge on any atom is 0.325 e. The van der Waals surface area contributed by atoms with Crippen molar-refractivity contribution in [2.75, 3.05) is 6.54 Å². The summed E-state index contributed by atoms with van der Waals surface area (Å²) < 4.78 is 0. The molecule has 4 amide bonds. The van der Waals surface area contributed by atoms with Crippen LogP contribution in [0.5, 0.6) is 0 Å². The average Bonchev–Trinajstić information content (AvgIpc) is 2.94. The molecule has 156 valence electrons. The summed E-state index contributed by atoms with van der Waals surface area (Å²) in [5.74, 6) is 0.0195. The number of hydrogen-bond acceptors (Lipinski definition) is 3. The Balaban J connectivity index is 1.38. The molecule has 1 aliphatic heterocycles. The molecular weight excluding hydrogens is 366 g/mol. The molecule has 2 aliphatic carbocycles. The lowest BCUT2D eigenvalue weighted by Gasteiger charge is -2.33. The highest BCUT2D eigenvalue weighted by molar-refractivity contribution is 6.09. The first kappa shape index (κ1) is 19.9. The van der Waals surface area contributed by atoms with E-state index >= 15 is 0 Å². The summed E-state index contributed by atoms with van der Waals surface area (Å²) in [4.78, 5) is 39.0. The van der Waals surface area contributed by atoms with Gasteiger partial charge in [-0.05, 0) is 80.9 Å². The predicted molar refractivity (Wildman–Crippen MR) is 110 cm³/mol. The highest BCUT2D eigenvalue weighted by Crippen LogP contribution is 2.36. The lowest BCUT2D eigenvalue weighted by Crippen LogP contribution is -2.50. The molecule has 1 saturated heterocycles. The Morgan fingerprint density at radius 2 is 1.90 bits per heavy atom. The van der Waals surface area contributed by atoms with Crippen molar-refractivity contribution in [2.24, 2.45) is 5.92 Å². The fourth-order valence-electron chi connectivity index (χ4n) is 4.95. The van der Waals surface area contributed by atoms with Gasteiger partial charge in [-0.1, -0.05) is 25.1 Å². The molecule has 2 fully saturated rings. The van der Waals surface area contributed by atoms with Crippen LogP contribution in [-0.4, -0.2) is 34.8 Å². The van der Waals surface area contributed by atoms with E-state index in [2.05, 4.69) is 35.8 Å². The minimum atomic E-state index is -0.798. The topological polar surface area (TPSA) is 78.5 Å². The number of amides is 4. The molecular formula is C23H31N3O3. The summed E-state index contributed by atoms with van der Waals surface area (Å²) in [6, 6.07) is 5.81. The third kappa shape index (κ3) is 3.89. The fraction of sp³-hybridized carbons (Fsp3) is 0.609. The predicted octanol–water partition coefficient (Wildman–Crippen LogP) is 3.24. The van der Waals surface area contributed by atoms with Crippen molar-refractivity contribution in [2.45, 2.75) is 76.8 Å². The van der Waals surface area contributed by atoms with Crippen molar-refractivity contribution in [3.05, 3.63) is 34.9 Å². The van der Waals surface area contributed by atoms with E-state index in [1.54, 1.807) is 0 Å². The van der Waals surface area contributed by atoms with E-state index in [4.69, 9.17) is 0 Å². The summed E-state index contributed by atoms with van der Waals surface area (Å²) in [5.41, 5.74) is 3.05. The normalized spacial score (nSPS) is 27.5. The molecule has 1 aromatic rings. The monoisotopic (exact) mass is 397 g/mol. The lowest BCUT2D eigenvalue weighted by molar-refractivity contribution is -0.136. The van der Waals surface area contributed by atoms with Gasteiger partial charge in [0, 0.05) is 0 Å². The molecule has 1 heterocycles. The van der Waals surface area contributed by atoms with Crippen LogP contribution in [0, 0.1) is 5.92 Å². The number of urea groups is 1. The van der Waals surface area contributed by atoms with Gasteiger partial charge in [0.25, 0.3) is 5.91 Å². The number of imide groups is 1. The molecule has 0 radical (unpaired) electrons. The number of carbonyl (C=O) groups is 3. The van der Waals surface area contributed by atoms with E-state index < -0.39 is 11.6 Å². The van der Waals surface area contributed by atoms with Gasteiger partial charge in [0.2, 0.25) is 5.91 Å². The molecule has 0 aromatic heterocycles. The zero-order valence-corrected chi connectivity index (χ0v) is 17.4. The molecule has 0 bridgehead atoms. The molecule has 6 nitrogen and oxygen atoms in total. The van der Waals surface area contributed by atoms with Crippen LogP contribution in [0.4, 0.5) is 4.79 Å². The molecule has 3 aliphatic rings. The Kier molecular flexibility index (Phi) is 5.36. The summed E-state index contributed by atoms with van der Waals surface area (Å²) in [5, 5.41) is 5.83. The van der Waals surface area contributed by atoms with Gasteiger partial charge < -0.3 is 10.6 Å². The van der Waals surface area contributed by atoms with Crippen LogP contribution < -0.4 is 10.6 Å². The minimum Gasteiger partial charge on any atom is -0.348 e. The smallest absolute Gasteiger partial charge is 0.325 e. The molecule has 4 rings (SSSR count). The maximum absolute atomic E-state index is 12.9. The molecule has 1 unspecified atom stereocenters. The first-order chi connectivity index (χ1) is 13.9. The van der Waals surface area contributed by atoms with E-state index in [1.807, 2.05) is 6.92 Å². The van der Waals surface area contributed by atoms with Crippen LogP contribution in [-0.2, 0) is 22.4 Å². The quantitative estimate of drug-likeness (QED) is 0.766. The van der Waals surface area contributed by atoms with Gasteiger partial charge in [-0.25, -0.2) is 4.79 Å². The number of nitrogens with one attached hydrogen (secondary N) is 2. The number of fused-ring (bicyclic) bond motifs is 1. The van der Waals surface area contributed by atoms with Crippen LogP contribution >= 0.6 is 0 Å². The van der Waals surface area contributed by atoms with E-state index in [0.717, 1.165) is 36.1 Å². The van der Waals surface area contributed by atoms with Crippen LogP contribution in [0.1, 0.15) is 75.1 Å². The van der Waals surface area contributed by atoms with Crippen molar-refractivity contribution in [1.82, 2.24) is 15.5 Å². The first-order valence-electron chi connectivity index (χ1n) is 10.9. The first-order valence-corrected chi connectivity index (χ1v) is 10.9. The Labute approximate surface area is 172 Å². The summed E-state index contributed by atoms with van der Waals surface area (Å²) in [6.07, 6.45) is 7.82. The van der Waals surface area contributed by atoms with E-state index in [0.29, 0.717) is 18.8 Å². The Bertz CT molecular complexity index is 827. The van der Waals surface area contributed by atoms with Gasteiger partial charge in [-0.3, -0.25) is 14.5 Å². The second kappa shape index (κ2) is 7.81. The largest absolute Gasteiger partial charge is 0.348 e. The molecule has 2 N–H and O–H groups in total. The number of nitrogens with zero attached hydrogens (tertiary/aromatic N) is 1. The summed E-state index contributed by atoms with van der Waals surface area (Å²) >= 11 is 0. The van der Waals surface area contributed by atoms with Crippen LogP contribution in [0.2, 0.25) is 0 Å². The van der Waals surface area contributed by atoms with Gasteiger partial charge in [-0.15, -0.1) is 0 Å². The van der Waals surface area contributed by atoms with E-state index in [1.165, 1.54) is 24.0 Å². The second-order valence-corrected chi connectivity index (χ2v) is 9.11. The number of hydrogen-bond donors (Lipinski definition) is 2. The Morgan fingerprint density at radius 3 is 2.62 bits per heavy atom. The molecule has 29 heavy (non-hydrogen) atoms. The molecule has 1 saturated carbocycles. The van der Waals surface area contributed by atoms with Crippen molar-refractivity contribution >= 4 is 17.8 Å². The van der Waals surface area contributed by atoms with E-state index in [-0.39, 0.29) is 24.4 Å². The van der Waals surface area contributed by atoms with Gasteiger partial charge >= 0.3 is 6.03 Å². The number of benzene rings is 1. The Morgan fingerprint density at radius 1 is 1.21 bits per heavy atom. The third-order valence-electron chi connectivity index (χ3n) is 6.93. The second-order valence-electron chi connectivity index (χ2n) is 9.11. The highest BCUT2D eigenvalue weighted by Gasteiger charge is 2.52. The summed E-state index contributed by atoms with van der Waals surface area (Å²) in [6.45, 7) is 3.89. The summed E-state index contributed by atoms with van der Waals surface area (Å²) in [7, 11) is 0. The van der Waals surface area contributed by atoms with Gasteiger partial charge in [0.05, 0.1) is 6.04 Å². The third-order valence-corrected chi connectivity index (χ3v) is 6.93. The number of carbonyl (C=O) groups excluding carboxylic acids is 3. The lowest BCUT2D eigenvalue weighted by atomic mass is 9.77. The van der Waals surface area contributed by atoms with Crippen LogP contribution in [0.3, 0.4) is 0 Å².